The summed E-state index contributed by atoms with van der Waals surface area (Å²) in [5.41, 5.74) is 1.47. The van der Waals surface area contributed by atoms with Crippen molar-refractivity contribution in [2.45, 2.75) is 20.8 Å². The molecule has 1 nitrogen and oxygen atoms in total. The third kappa shape index (κ3) is 3.08. The van der Waals surface area contributed by atoms with E-state index in [1.807, 2.05) is 42.5 Å². The number of carbonyl (C=O) groups excluding carboxylic acids is 1. The zero-order chi connectivity index (χ0) is 14.0. The molecule has 19 heavy (non-hydrogen) atoms. The van der Waals surface area contributed by atoms with Crippen molar-refractivity contribution >= 4 is 24.1 Å². The Morgan fingerprint density at radius 3 is 2.47 bits per heavy atom. The average Bonchev–Trinajstić information content (AvgIpc) is 2.92. The molecule has 1 fully saturated rings. The summed E-state index contributed by atoms with van der Waals surface area (Å²) in [5.74, 6) is 1.00. The first-order chi connectivity index (χ1) is 8.96. The predicted molar refractivity (Wildman–Crippen MR) is 81.6 cm³/mol. The van der Waals surface area contributed by atoms with Crippen molar-refractivity contribution in [1.29, 1.82) is 0 Å². The molecule has 0 heterocycles. The molecule has 1 aromatic carbocycles. The van der Waals surface area contributed by atoms with Gasteiger partial charge < -0.3 is 0 Å². The fourth-order valence-corrected chi connectivity index (χ4v) is 4.51. The van der Waals surface area contributed by atoms with E-state index in [1.54, 1.807) is 0 Å². The van der Waals surface area contributed by atoms with E-state index in [9.17, 15) is 4.79 Å². The van der Waals surface area contributed by atoms with E-state index < -0.39 is 0 Å². The van der Waals surface area contributed by atoms with E-state index in [2.05, 4.69) is 27.4 Å². The minimum absolute atomic E-state index is 0.106. The van der Waals surface area contributed by atoms with Gasteiger partial charge in [0.05, 0.1) is 0 Å². The van der Waals surface area contributed by atoms with Gasteiger partial charge in [0.25, 0.3) is 0 Å². The molecule has 0 N–H and O–H groups in total. The van der Waals surface area contributed by atoms with E-state index >= 15 is 0 Å². The summed E-state index contributed by atoms with van der Waals surface area (Å²) in [5, 5.41) is 0. The van der Waals surface area contributed by atoms with Crippen LogP contribution in [0.15, 0.2) is 54.6 Å². The quantitative estimate of drug-likeness (QED) is 0.463. The van der Waals surface area contributed by atoms with Gasteiger partial charge in [-0.05, 0) is 0 Å². The standard InChI is InChI=1S/C17H20OSe/c1-5-14-16(17(14,3)4)12(2)11-15(18)19-13-9-7-6-8-10-13/h5-11,14,16H,1H2,2-4H3/b12-11-/t14-,16-/m0/s1. The molecule has 2 atom stereocenters. The van der Waals surface area contributed by atoms with Crippen LogP contribution in [0.4, 0.5) is 0 Å². The molecule has 0 aromatic heterocycles. The Hall–Kier alpha value is -1.11. The number of carbonyl (C=O) groups is 1. The molecular formula is C17H20OSe. The summed E-state index contributed by atoms with van der Waals surface area (Å²) in [6.45, 7) is 10.5. The van der Waals surface area contributed by atoms with Crippen molar-refractivity contribution in [3.8, 4) is 0 Å². The van der Waals surface area contributed by atoms with Crippen LogP contribution >= 0.6 is 0 Å². The normalized spacial score (nSPS) is 24.9. The maximum atomic E-state index is 12.1. The van der Waals surface area contributed by atoms with E-state index in [0.29, 0.717) is 11.8 Å². The monoisotopic (exact) mass is 320 g/mol. The zero-order valence-corrected chi connectivity index (χ0v) is 13.4. The summed E-state index contributed by atoms with van der Waals surface area (Å²) in [7, 11) is 0. The van der Waals surface area contributed by atoms with E-state index in [1.165, 1.54) is 5.57 Å². The first-order valence-electron chi connectivity index (χ1n) is 6.54. The Kier molecular flexibility index (Phi) is 4.13. The molecule has 0 saturated heterocycles. The maximum absolute atomic E-state index is 12.1. The fourth-order valence-electron chi connectivity index (χ4n) is 2.90. The van der Waals surface area contributed by atoms with Crippen LogP contribution in [-0.4, -0.2) is 19.6 Å². The molecule has 0 unspecified atom stereocenters. The van der Waals surface area contributed by atoms with Gasteiger partial charge in [-0.15, -0.1) is 0 Å². The van der Waals surface area contributed by atoms with E-state index in [4.69, 9.17) is 0 Å². The molecule has 2 rings (SSSR count). The number of benzene rings is 1. The van der Waals surface area contributed by atoms with Crippen molar-refractivity contribution in [3.05, 3.63) is 54.6 Å². The summed E-state index contributed by atoms with van der Waals surface area (Å²) in [6.07, 6.45) is 3.87. The molecule has 2 heteroatoms. The zero-order valence-electron chi connectivity index (χ0n) is 11.7. The van der Waals surface area contributed by atoms with Gasteiger partial charge >= 0.3 is 122 Å². The van der Waals surface area contributed by atoms with Crippen LogP contribution in [0.25, 0.3) is 0 Å². The molecule has 1 saturated carbocycles. The van der Waals surface area contributed by atoms with Crippen LogP contribution in [-0.2, 0) is 4.79 Å². The fraction of sp³-hybridized carbons (Fsp3) is 0.353. The van der Waals surface area contributed by atoms with Crippen LogP contribution < -0.4 is 4.46 Å². The molecule has 0 bridgehead atoms. The Balaban J connectivity index is 2.02. The summed E-state index contributed by atoms with van der Waals surface area (Å²) in [6, 6.07) is 9.99. The molecule has 1 aromatic rings. The first kappa shape index (κ1) is 14.3. The van der Waals surface area contributed by atoms with Gasteiger partial charge in [-0.25, -0.2) is 0 Å². The predicted octanol–water partition coefficient (Wildman–Crippen LogP) is 2.95. The topological polar surface area (TPSA) is 17.1 Å². The van der Waals surface area contributed by atoms with Crippen LogP contribution in [0.1, 0.15) is 20.8 Å². The summed E-state index contributed by atoms with van der Waals surface area (Å²) in [4.78, 5) is 12.1. The average molecular weight is 319 g/mol. The molecule has 1 aliphatic rings. The molecule has 0 aliphatic heterocycles. The SMILES string of the molecule is C=C[C@H]1[C@H](/C(C)=C\C(=O)[Se]c2ccccc2)C1(C)C. The van der Waals surface area contributed by atoms with Gasteiger partial charge in [-0.2, -0.15) is 0 Å². The van der Waals surface area contributed by atoms with Crippen LogP contribution in [0.3, 0.4) is 0 Å². The van der Waals surface area contributed by atoms with E-state index in [-0.39, 0.29) is 25.1 Å². The Morgan fingerprint density at radius 2 is 1.95 bits per heavy atom. The van der Waals surface area contributed by atoms with Crippen LogP contribution in [0, 0.1) is 17.3 Å². The van der Waals surface area contributed by atoms with Gasteiger partial charge in [0.2, 0.25) is 0 Å². The second kappa shape index (κ2) is 5.48. The molecule has 0 spiro atoms. The van der Waals surface area contributed by atoms with Crippen molar-refractivity contribution in [2.24, 2.45) is 17.3 Å². The van der Waals surface area contributed by atoms with Crippen LogP contribution in [0.2, 0.25) is 0 Å². The number of allylic oxidation sites excluding steroid dienone is 3. The number of rotatable bonds is 5. The van der Waals surface area contributed by atoms with Gasteiger partial charge in [0.15, 0.2) is 0 Å². The molecule has 0 radical (unpaired) electrons. The number of hydrogen-bond acceptors (Lipinski definition) is 1. The van der Waals surface area contributed by atoms with Crippen LogP contribution in [0.5, 0.6) is 0 Å². The Morgan fingerprint density at radius 1 is 1.32 bits per heavy atom. The minimum atomic E-state index is -0.106. The van der Waals surface area contributed by atoms with Gasteiger partial charge in [0.1, 0.15) is 0 Å². The van der Waals surface area contributed by atoms with Gasteiger partial charge in [0, 0.05) is 0 Å². The molecule has 0 amide bonds. The molecule has 100 valence electrons. The molecule has 1 aliphatic carbocycles. The van der Waals surface area contributed by atoms with Gasteiger partial charge in [-0.3, -0.25) is 0 Å². The second-order valence-electron chi connectivity index (χ2n) is 5.68. The third-order valence-corrected chi connectivity index (χ3v) is 5.70. The summed E-state index contributed by atoms with van der Waals surface area (Å²) < 4.78 is 1.39. The van der Waals surface area contributed by atoms with Crippen molar-refractivity contribution < 1.29 is 4.79 Å². The Labute approximate surface area is 122 Å². The van der Waals surface area contributed by atoms with E-state index in [0.717, 1.165) is 4.46 Å². The first-order valence-corrected chi connectivity index (χ1v) is 8.25. The second-order valence-corrected chi connectivity index (χ2v) is 7.94. The third-order valence-electron chi connectivity index (χ3n) is 3.96. The number of hydrogen-bond donors (Lipinski definition) is 0. The van der Waals surface area contributed by atoms with Gasteiger partial charge in [-0.1, -0.05) is 0 Å². The Bertz CT molecular complexity index is 513. The summed E-state index contributed by atoms with van der Waals surface area (Å²) >= 11 is -0.106. The molecular weight excluding hydrogens is 299 g/mol. The van der Waals surface area contributed by atoms with Crippen molar-refractivity contribution in [2.75, 3.05) is 0 Å². The van der Waals surface area contributed by atoms with Crippen molar-refractivity contribution in [1.82, 2.24) is 0 Å². The van der Waals surface area contributed by atoms with Crippen molar-refractivity contribution in [3.63, 3.8) is 0 Å².